The molecule has 0 aliphatic carbocycles. The molecule has 1 unspecified atom stereocenters. The molecular weight excluding hydrogens is 255 g/mol. The molecule has 1 aliphatic heterocycles. The number of hydrogen-bond acceptors (Lipinski definition) is 2. The molecule has 0 saturated carbocycles. The van der Waals surface area contributed by atoms with Crippen molar-refractivity contribution in [3.63, 3.8) is 0 Å². The second-order valence-corrected chi connectivity index (χ2v) is 5.54. The molecule has 1 aromatic carbocycles. The Morgan fingerprint density at radius 1 is 1.25 bits per heavy atom. The molecule has 4 heteroatoms. The summed E-state index contributed by atoms with van der Waals surface area (Å²) in [4.78, 5) is 14.3. The zero-order valence-corrected chi connectivity index (χ0v) is 12.3. The normalized spacial score (nSPS) is 17.4. The molecule has 1 N–H and O–H groups in total. The van der Waals surface area contributed by atoms with Crippen molar-refractivity contribution in [2.75, 3.05) is 18.4 Å². The van der Waals surface area contributed by atoms with E-state index in [1.807, 2.05) is 17.9 Å². The van der Waals surface area contributed by atoms with Crippen LogP contribution in [0.5, 0.6) is 0 Å². The largest absolute Gasteiger partial charge is 0.371 e. The van der Waals surface area contributed by atoms with Gasteiger partial charge in [0.2, 0.25) is 5.91 Å². The molecule has 1 saturated heterocycles. The minimum Gasteiger partial charge on any atom is -0.371 e. The van der Waals surface area contributed by atoms with E-state index in [1.54, 1.807) is 13.0 Å². The third-order valence-electron chi connectivity index (χ3n) is 3.87. The van der Waals surface area contributed by atoms with Crippen LogP contribution in [0.15, 0.2) is 18.2 Å². The van der Waals surface area contributed by atoms with Crippen molar-refractivity contribution in [3.8, 4) is 0 Å². The Balaban J connectivity index is 2.03. The number of anilines is 1. The van der Waals surface area contributed by atoms with Crippen LogP contribution in [0.2, 0.25) is 0 Å². The second-order valence-electron chi connectivity index (χ2n) is 5.54. The molecule has 0 spiro atoms. The average molecular weight is 278 g/mol. The van der Waals surface area contributed by atoms with Gasteiger partial charge in [-0.05, 0) is 38.3 Å². The Bertz CT molecular complexity index is 447. The highest BCUT2D eigenvalue weighted by molar-refractivity contribution is 5.84. The van der Waals surface area contributed by atoms with Gasteiger partial charge in [0, 0.05) is 13.1 Å². The zero-order chi connectivity index (χ0) is 14.5. The predicted molar refractivity (Wildman–Crippen MR) is 79.3 cm³/mol. The van der Waals surface area contributed by atoms with Crippen LogP contribution in [0.25, 0.3) is 0 Å². The second kappa shape index (κ2) is 6.73. The third kappa shape index (κ3) is 3.50. The fourth-order valence-electron chi connectivity index (χ4n) is 2.66. The molecule has 110 valence electrons. The molecule has 3 nitrogen and oxygen atoms in total. The maximum atomic E-state index is 13.8. The summed E-state index contributed by atoms with van der Waals surface area (Å²) in [6.07, 6.45) is 4.52. The van der Waals surface area contributed by atoms with Crippen LogP contribution in [0.3, 0.4) is 0 Å². The fourth-order valence-corrected chi connectivity index (χ4v) is 2.66. The van der Waals surface area contributed by atoms with Gasteiger partial charge in [0.1, 0.15) is 11.9 Å². The SMILES string of the molecule is Cc1cccc(F)c1NC(C)C(=O)N1CCCCCC1. The van der Waals surface area contributed by atoms with Gasteiger partial charge in [-0.1, -0.05) is 25.0 Å². The Morgan fingerprint density at radius 3 is 2.50 bits per heavy atom. The topological polar surface area (TPSA) is 32.3 Å². The van der Waals surface area contributed by atoms with Crippen molar-refractivity contribution < 1.29 is 9.18 Å². The van der Waals surface area contributed by atoms with E-state index in [4.69, 9.17) is 0 Å². The maximum absolute atomic E-state index is 13.8. The first-order chi connectivity index (χ1) is 9.59. The van der Waals surface area contributed by atoms with Gasteiger partial charge >= 0.3 is 0 Å². The summed E-state index contributed by atoms with van der Waals surface area (Å²) >= 11 is 0. The predicted octanol–water partition coefficient (Wildman–Crippen LogP) is 3.34. The van der Waals surface area contributed by atoms with Crippen molar-refractivity contribution in [1.82, 2.24) is 4.90 Å². The van der Waals surface area contributed by atoms with Crippen molar-refractivity contribution >= 4 is 11.6 Å². The van der Waals surface area contributed by atoms with Crippen LogP contribution < -0.4 is 5.32 Å². The molecule has 1 fully saturated rings. The number of nitrogens with zero attached hydrogens (tertiary/aromatic N) is 1. The quantitative estimate of drug-likeness (QED) is 0.919. The standard InChI is InChI=1S/C16H23FN2O/c1-12-8-7-9-14(17)15(12)18-13(2)16(20)19-10-5-3-4-6-11-19/h7-9,13,18H,3-6,10-11H2,1-2H3. The number of carbonyl (C=O) groups is 1. The van der Waals surface area contributed by atoms with E-state index < -0.39 is 6.04 Å². The highest BCUT2D eigenvalue weighted by atomic mass is 19.1. The summed E-state index contributed by atoms with van der Waals surface area (Å²) in [5.41, 5.74) is 1.25. The summed E-state index contributed by atoms with van der Waals surface area (Å²) in [6, 6.07) is 4.54. The highest BCUT2D eigenvalue weighted by Crippen LogP contribution is 2.20. The number of amides is 1. The van der Waals surface area contributed by atoms with E-state index in [1.165, 1.54) is 18.9 Å². The summed E-state index contributed by atoms with van der Waals surface area (Å²) in [5, 5.41) is 3.03. The van der Waals surface area contributed by atoms with Crippen LogP contribution in [-0.2, 0) is 4.79 Å². The maximum Gasteiger partial charge on any atom is 0.244 e. The minimum absolute atomic E-state index is 0.0644. The number of halogens is 1. The fraction of sp³-hybridized carbons (Fsp3) is 0.562. The van der Waals surface area contributed by atoms with Crippen molar-refractivity contribution in [1.29, 1.82) is 0 Å². The van der Waals surface area contributed by atoms with Gasteiger partial charge in [0.25, 0.3) is 0 Å². The van der Waals surface area contributed by atoms with Crippen LogP contribution in [0.4, 0.5) is 10.1 Å². The number of rotatable bonds is 3. The number of benzene rings is 1. The lowest BCUT2D eigenvalue weighted by Gasteiger charge is -2.25. The van der Waals surface area contributed by atoms with E-state index in [0.29, 0.717) is 5.69 Å². The Hall–Kier alpha value is -1.58. The smallest absolute Gasteiger partial charge is 0.244 e. The van der Waals surface area contributed by atoms with Gasteiger partial charge in [0.15, 0.2) is 0 Å². The van der Waals surface area contributed by atoms with Gasteiger partial charge in [0.05, 0.1) is 5.69 Å². The number of likely N-dealkylation sites (tertiary alicyclic amines) is 1. The number of hydrogen-bond donors (Lipinski definition) is 1. The lowest BCUT2D eigenvalue weighted by atomic mass is 10.1. The van der Waals surface area contributed by atoms with Crippen molar-refractivity contribution in [3.05, 3.63) is 29.6 Å². The summed E-state index contributed by atoms with van der Waals surface area (Å²) in [6.45, 7) is 5.29. The molecule has 1 atom stereocenters. The van der Waals surface area contributed by atoms with E-state index in [-0.39, 0.29) is 11.7 Å². The molecule has 0 radical (unpaired) electrons. The molecule has 1 aliphatic rings. The number of aryl methyl sites for hydroxylation is 1. The van der Waals surface area contributed by atoms with Gasteiger partial charge < -0.3 is 10.2 Å². The minimum atomic E-state index is -0.399. The molecule has 20 heavy (non-hydrogen) atoms. The Labute approximate surface area is 120 Å². The number of nitrogens with one attached hydrogen (secondary N) is 1. The first kappa shape index (κ1) is 14.8. The lowest BCUT2D eigenvalue weighted by molar-refractivity contribution is -0.131. The Kier molecular flexibility index (Phi) is 4.99. The average Bonchev–Trinajstić information content (AvgIpc) is 2.71. The first-order valence-electron chi connectivity index (χ1n) is 7.40. The molecule has 1 amide bonds. The monoisotopic (exact) mass is 278 g/mol. The van der Waals surface area contributed by atoms with Gasteiger partial charge in [-0.15, -0.1) is 0 Å². The zero-order valence-electron chi connectivity index (χ0n) is 12.3. The molecular formula is C16H23FN2O. The lowest BCUT2D eigenvalue weighted by Crippen LogP contribution is -2.42. The van der Waals surface area contributed by atoms with Crippen molar-refractivity contribution in [2.24, 2.45) is 0 Å². The van der Waals surface area contributed by atoms with Crippen molar-refractivity contribution in [2.45, 2.75) is 45.6 Å². The molecule has 0 bridgehead atoms. The van der Waals surface area contributed by atoms with E-state index in [9.17, 15) is 9.18 Å². The summed E-state index contributed by atoms with van der Waals surface area (Å²) in [5.74, 6) is -0.241. The number of para-hydroxylation sites is 1. The van der Waals surface area contributed by atoms with E-state index in [0.717, 1.165) is 31.5 Å². The van der Waals surface area contributed by atoms with Gasteiger partial charge in [-0.25, -0.2) is 4.39 Å². The number of carbonyl (C=O) groups excluding carboxylic acids is 1. The van der Waals surface area contributed by atoms with Crippen LogP contribution >= 0.6 is 0 Å². The van der Waals surface area contributed by atoms with Gasteiger partial charge in [-0.2, -0.15) is 0 Å². The van der Waals surface area contributed by atoms with E-state index >= 15 is 0 Å². The summed E-state index contributed by atoms with van der Waals surface area (Å²) in [7, 11) is 0. The third-order valence-corrected chi connectivity index (χ3v) is 3.87. The molecule has 1 heterocycles. The summed E-state index contributed by atoms with van der Waals surface area (Å²) < 4.78 is 13.8. The van der Waals surface area contributed by atoms with Crippen LogP contribution in [0.1, 0.15) is 38.2 Å². The molecule has 0 aromatic heterocycles. The van der Waals surface area contributed by atoms with Gasteiger partial charge in [-0.3, -0.25) is 4.79 Å². The molecule has 2 rings (SSSR count). The first-order valence-corrected chi connectivity index (χ1v) is 7.40. The van der Waals surface area contributed by atoms with Crippen LogP contribution in [0, 0.1) is 12.7 Å². The van der Waals surface area contributed by atoms with Crippen LogP contribution in [-0.4, -0.2) is 29.9 Å². The highest BCUT2D eigenvalue weighted by Gasteiger charge is 2.22. The Morgan fingerprint density at radius 2 is 1.90 bits per heavy atom. The molecule has 1 aromatic rings. The van der Waals surface area contributed by atoms with E-state index in [2.05, 4.69) is 5.32 Å².